The van der Waals surface area contributed by atoms with Crippen molar-refractivity contribution in [3.05, 3.63) is 94.5 Å². The van der Waals surface area contributed by atoms with Gasteiger partial charge in [0, 0.05) is 10.6 Å². The zero-order valence-corrected chi connectivity index (χ0v) is 18.4. The molecule has 0 saturated carbocycles. The molecule has 2 N–H and O–H groups in total. The third-order valence-corrected chi connectivity index (χ3v) is 4.64. The van der Waals surface area contributed by atoms with E-state index in [2.05, 4.69) is 10.9 Å². The highest BCUT2D eigenvalue weighted by Gasteiger charge is 2.15. The number of carbonyl (C=O) groups is 3. The van der Waals surface area contributed by atoms with Gasteiger partial charge >= 0.3 is 5.97 Å². The smallest absolute Gasteiger partial charge is 0.338 e. The number of rotatable bonds is 8. The second-order valence-electron chi connectivity index (χ2n) is 6.73. The Morgan fingerprint density at radius 2 is 1.58 bits per heavy atom. The molecule has 0 bridgehead atoms. The molecule has 0 heterocycles. The Labute approximate surface area is 195 Å². The Morgan fingerprint density at radius 1 is 0.848 bits per heavy atom. The van der Waals surface area contributed by atoms with Gasteiger partial charge in [-0.1, -0.05) is 41.9 Å². The molecule has 0 saturated heterocycles. The summed E-state index contributed by atoms with van der Waals surface area (Å²) in [5.41, 5.74) is 5.89. The Hall–Kier alpha value is -4.04. The Balaban J connectivity index is 1.50. The molecular weight excluding hydrogens is 448 g/mol. The molecule has 2 amide bonds. The first kappa shape index (κ1) is 23.6. The van der Waals surface area contributed by atoms with Crippen molar-refractivity contribution in [2.75, 3.05) is 13.7 Å². The van der Waals surface area contributed by atoms with E-state index in [1.54, 1.807) is 48.5 Å². The molecule has 0 atom stereocenters. The van der Waals surface area contributed by atoms with Crippen LogP contribution in [0.5, 0.6) is 11.5 Å². The number of halogens is 1. The van der Waals surface area contributed by atoms with Crippen LogP contribution in [-0.4, -0.2) is 31.5 Å². The summed E-state index contributed by atoms with van der Waals surface area (Å²) in [4.78, 5) is 36.1. The number of hydrazine groups is 1. The van der Waals surface area contributed by atoms with E-state index in [1.807, 2.05) is 12.1 Å². The fourth-order valence-corrected chi connectivity index (χ4v) is 2.82. The average Bonchev–Trinajstić information content (AvgIpc) is 2.85. The first-order valence-corrected chi connectivity index (χ1v) is 10.2. The van der Waals surface area contributed by atoms with Gasteiger partial charge in [0.2, 0.25) is 0 Å². The van der Waals surface area contributed by atoms with E-state index in [9.17, 15) is 14.4 Å². The lowest BCUT2D eigenvalue weighted by atomic mass is 10.2. The second kappa shape index (κ2) is 11.5. The van der Waals surface area contributed by atoms with Crippen LogP contribution in [0.1, 0.15) is 26.3 Å². The van der Waals surface area contributed by atoms with Crippen molar-refractivity contribution in [1.29, 1.82) is 0 Å². The molecule has 33 heavy (non-hydrogen) atoms. The number of methoxy groups -OCH3 is 1. The lowest BCUT2D eigenvalue weighted by Gasteiger charge is -2.12. The maximum Gasteiger partial charge on any atom is 0.338 e. The number of hydrogen-bond donors (Lipinski definition) is 2. The number of amides is 2. The molecule has 0 spiro atoms. The minimum Gasteiger partial charge on any atom is -0.493 e. The molecule has 0 aliphatic heterocycles. The standard InChI is InChI=1S/C24H21ClN2O6/c1-31-21-13-18(9-12-20(21)32-14-16-7-10-19(25)11-8-16)24(30)33-15-22(28)26-27-23(29)17-5-3-2-4-6-17/h2-13H,14-15H2,1H3,(H,26,28)(H,27,29). The molecule has 0 unspecified atom stereocenters. The van der Waals surface area contributed by atoms with Crippen LogP contribution < -0.4 is 20.3 Å². The largest absolute Gasteiger partial charge is 0.493 e. The molecule has 0 aliphatic carbocycles. The molecule has 3 aromatic rings. The van der Waals surface area contributed by atoms with Gasteiger partial charge in [-0.3, -0.25) is 20.4 Å². The first-order chi connectivity index (χ1) is 16.0. The van der Waals surface area contributed by atoms with Gasteiger partial charge in [0.1, 0.15) is 6.61 Å². The zero-order valence-electron chi connectivity index (χ0n) is 17.7. The van der Waals surface area contributed by atoms with Gasteiger partial charge in [-0.25, -0.2) is 4.79 Å². The van der Waals surface area contributed by atoms with Gasteiger partial charge in [-0.2, -0.15) is 0 Å². The summed E-state index contributed by atoms with van der Waals surface area (Å²) in [5, 5.41) is 0.631. The van der Waals surface area contributed by atoms with Crippen molar-refractivity contribution < 1.29 is 28.6 Å². The predicted octanol–water partition coefficient (Wildman–Crippen LogP) is 3.55. The van der Waals surface area contributed by atoms with Crippen molar-refractivity contribution in [1.82, 2.24) is 10.9 Å². The number of benzene rings is 3. The lowest BCUT2D eigenvalue weighted by Crippen LogP contribution is -2.43. The van der Waals surface area contributed by atoms with Crippen LogP contribution in [0.3, 0.4) is 0 Å². The number of nitrogens with one attached hydrogen (secondary N) is 2. The first-order valence-electron chi connectivity index (χ1n) is 9.83. The number of hydrogen-bond acceptors (Lipinski definition) is 6. The number of ether oxygens (including phenoxy) is 3. The maximum atomic E-state index is 12.3. The summed E-state index contributed by atoms with van der Waals surface area (Å²) in [6, 6.07) is 20.1. The highest BCUT2D eigenvalue weighted by Crippen LogP contribution is 2.29. The SMILES string of the molecule is COc1cc(C(=O)OCC(=O)NNC(=O)c2ccccc2)ccc1OCc1ccc(Cl)cc1. The third kappa shape index (κ3) is 6.98. The Kier molecular flexibility index (Phi) is 8.26. The summed E-state index contributed by atoms with van der Waals surface area (Å²) in [5.74, 6) is -1.15. The van der Waals surface area contributed by atoms with Gasteiger partial charge in [0.05, 0.1) is 12.7 Å². The van der Waals surface area contributed by atoms with Crippen molar-refractivity contribution in [3.63, 3.8) is 0 Å². The molecular formula is C24H21ClN2O6. The van der Waals surface area contributed by atoms with Crippen LogP contribution in [0.4, 0.5) is 0 Å². The normalized spacial score (nSPS) is 10.1. The monoisotopic (exact) mass is 468 g/mol. The predicted molar refractivity (Wildman–Crippen MR) is 121 cm³/mol. The maximum absolute atomic E-state index is 12.3. The Bertz CT molecular complexity index is 1120. The summed E-state index contributed by atoms with van der Waals surface area (Å²) in [6.07, 6.45) is 0. The minimum atomic E-state index is -0.734. The van der Waals surface area contributed by atoms with Gasteiger partial charge in [-0.15, -0.1) is 0 Å². The number of carbonyl (C=O) groups excluding carboxylic acids is 3. The van der Waals surface area contributed by atoms with E-state index < -0.39 is 24.4 Å². The molecule has 0 aliphatic rings. The summed E-state index contributed by atoms with van der Waals surface area (Å²) in [6.45, 7) is -0.294. The molecule has 9 heteroatoms. The van der Waals surface area contributed by atoms with E-state index in [4.69, 9.17) is 25.8 Å². The summed E-state index contributed by atoms with van der Waals surface area (Å²) < 4.78 is 16.0. The molecule has 3 rings (SSSR count). The van der Waals surface area contributed by atoms with E-state index in [-0.39, 0.29) is 12.2 Å². The summed E-state index contributed by atoms with van der Waals surface area (Å²) >= 11 is 5.88. The lowest BCUT2D eigenvalue weighted by molar-refractivity contribution is -0.125. The van der Waals surface area contributed by atoms with Gasteiger partial charge in [0.25, 0.3) is 11.8 Å². The molecule has 0 fully saturated rings. The van der Waals surface area contributed by atoms with E-state index in [0.29, 0.717) is 22.1 Å². The van der Waals surface area contributed by atoms with E-state index in [1.165, 1.54) is 19.2 Å². The highest BCUT2D eigenvalue weighted by atomic mass is 35.5. The van der Waals surface area contributed by atoms with Gasteiger partial charge in [0.15, 0.2) is 18.1 Å². The van der Waals surface area contributed by atoms with E-state index in [0.717, 1.165) is 5.56 Å². The number of esters is 1. The van der Waals surface area contributed by atoms with Crippen molar-refractivity contribution in [2.45, 2.75) is 6.61 Å². The van der Waals surface area contributed by atoms with Crippen molar-refractivity contribution >= 4 is 29.4 Å². The minimum absolute atomic E-state index is 0.173. The van der Waals surface area contributed by atoms with Gasteiger partial charge in [-0.05, 0) is 48.0 Å². The third-order valence-electron chi connectivity index (χ3n) is 4.39. The van der Waals surface area contributed by atoms with Crippen LogP contribution >= 0.6 is 11.6 Å². The second-order valence-corrected chi connectivity index (χ2v) is 7.16. The van der Waals surface area contributed by atoms with E-state index >= 15 is 0 Å². The molecule has 170 valence electrons. The quantitative estimate of drug-likeness (QED) is 0.387. The molecule has 0 aromatic heterocycles. The van der Waals surface area contributed by atoms with Crippen LogP contribution in [0.25, 0.3) is 0 Å². The van der Waals surface area contributed by atoms with Crippen LogP contribution in [0.2, 0.25) is 5.02 Å². The molecule has 8 nitrogen and oxygen atoms in total. The highest BCUT2D eigenvalue weighted by molar-refractivity contribution is 6.30. The summed E-state index contributed by atoms with van der Waals surface area (Å²) in [7, 11) is 1.45. The molecule has 3 aromatic carbocycles. The van der Waals surface area contributed by atoms with Crippen LogP contribution in [-0.2, 0) is 16.1 Å². The Morgan fingerprint density at radius 3 is 2.27 bits per heavy atom. The molecule has 0 radical (unpaired) electrons. The fourth-order valence-electron chi connectivity index (χ4n) is 2.69. The van der Waals surface area contributed by atoms with Crippen LogP contribution in [0, 0.1) is 0 Å². The van der Waals surface area contributed by atoms with Gasteiger partial charge < -0.3 is 14.2 Å². The topological polar surface area (TPSA) is 103 Å². The average molecular weight is 469 g/mol. The van der Waals surface area contributed by atoms with Crippen molar-refractivity contribution in [3.8, 4) is 11.5 Å². The van der Waals surface area contributed by atoms with Crippen molar-refractivity contribution in [2.24, 2.45) is 0 Å². The van der Waals surface area contributed by atoms with Crippen LogP contribution in [0.15, 0.2) is 72.8 Å². The zero-order chi connectivity index (χ0) is 23.6. The fraction of sp³-hybridized carbons (Fsp3) is 0.125.